The highest BCUT2D eigenvalue weighted by Crippen LogP contribution is 2.23. The van der Waals surface area contributed by atoms with E-state index < -0.39 is 0 Å². The molecule has 0 saturated carbocycles. The summed E-state index contributed by atoms with van der Waals surface area (Å²) in [5, 5.41) is 2.81. The molecule has 144 valence electrons. The van der Waals surface area contributed by atoms with Crippen LogP contribution in [0.2, 0.25) is 0 Å². The molecule has 2 amide bonds. The average molecular weight is 433 g/mol. The largest absolute Gasteiger partial charge is 0.488 e. The first-order valence-corrected chi connectivity index (χ1v) is 9.75. The summed E-state index contributed by atoms with van der Waals surface area (Å²) < 4.78 is 6.86. The van der Waals surface area contributed by atoms with Crippen molar-refractivity contribution < 1.29 is 14.3 Å². The summed E-state index contributed by atoms with van der Waals surface area (Å²) in [6.45, 7) is 6.42. The number of benzene rings is 2. The van der Waals surface area contributed by atoms with E-state index in [2.05, 4.69) is 21.2 Å². The topological polar surface area (TPSA) is 58.6 Å². The van der Waals surface area contributed by atoms with Crippen molar-refractivity contribution in [1.29, 1.82) is 0 Å². The van der Waals surface area contributed by atoms with E-state index in [1.807, 2.05) is 51.1 Å². The quantitative estimate of drug-likeness (QED) is 0.685. The van der Waals surface area contributed by atoms with Crippen molar-refractivity contribution in [2.24, 2.45) is 0 Å². The maximum atomic E-state index is 13.0. The standard InChI is InChI=1S/C21H25BrN2O3/c1-4-24(13-20(25)23-15(2)3)21(26)17-10-6-8-12-19(17)27-14-16-9-5-7-11-18(16)22/h5-12,15H,4,13-14H2,1-3H3,(H,23,25). The summed E-state index contributed by atoms with van der Waals surface area (Å²) in [5.74, 6) is 0.104. The molecule has 0 fully saturated rings. The van der Waals surface area contributed by atoms with Crippen molar-refractivity contribution in [2.75, 3.05) is 13.1 Å². The van der Waals surface area contributed by atoms with Crippen LogP contribution in [-0.2, 0) is 11.4 Å². The Labute approximate surface area is 168 Å². The molecule has 27 heavy (non-hydrogen) atoms. The van der Waals surface area contributed by atoms with E-state index in [0.717, 1.165) is 10.0 Å². The van der Waals surface area contributed by atoms with Gasteiger partial charge in [-0.05, 0) is 39.0 Å². The molecule has 0 saturated heterocycles. The number of amides is 2. The molecule has 0 aliphatic rings. The molecule has 2 aromatic rings. The molecule has 0 aliphatic heterocycles. The molecule has 0 aromatic heterocycles. The Kier molecular flexibility index (Phi) is 7.85. The number of halogens is 1. The fourth-order valence-corrected chi connectivity index (χ4v) is 2.98. The Morgan fingerprint density at radius 1 is 1.11 bits per heavy atom. The van der Waals surface area contributed by atoms with Gasteiger partial charge in [0.1, 0.15) is 12.4 Å². The molecule has 0 unspecified atom stereocenters. The van der Waals surface area contributed by atoms with Gasteiger partial charge in [-0.25, -0.2) is 0 Å². The number of ether oxygens (including phenoxy) is 1. The molecule has 6 heteroatoms. The van der Waals surface area contributed by atoms with Crippen LogP contribution in [0.1, 0.15) is 36.7 Å². The summed E-state index contributed by atoms with van der Waals surface area (Å²) in [6, 6.07) is 14.9. The molecule has 0 bridgehead atoms. The molecule has 0 radical (unpaired) electrons. The van der Waals surface area contributed by atoms with Crippen LogP contribution in [0.3, 0.4) is 0 Å². The van der Waals surface area contributed by atoms with E-state index in [1.165, 1.54) is 4.90 Å². The van der Waals surface area contributed by atoms with Gasteiger partial charge >= 0.3 is 0 Å². The molecule has 0 spiro atoms. The molecule has 2 rings (SSSR count). The van der Waals surface area contributed by atoms with Crippen LogP contribution < -0.4 is 10.1 Å². The van der Waals surface area contributed by atoms with Crippen LogP contribution in [0.5, 0.6) is 5.75 Å². The molecule has 0 atom stereocenters. The SMILES string of the molecule is CCN(CC(=O)NC(C)C)C(=O)c1ccccc1OCc1ccccc1Br. The van der Waals surface area contributed by atoms with Crippen molar-refractivity contribution in [2.45, 2.75) is 33.4 Å². The fourth-order valence-electron chi connectivity index (χ4n) is 2.58. The Bertz CT molecular complexity index is 793. The minimum atomic E-state index is -0.223. The third-order valence-corrected chi connectivity index (χ3v) is 4.69. The second kappa shape index (κ2) is 10.1. The zero-order valence-corrected chi connectivity index (χ0v) is 17.5. The van der Waals surface area contributed by atoms with E-state index >= 15 is 0 Å². The Morgan fingerprint density at radius 3 is 2.44 bits per heavy atom. The van der Waals surface area contributed by atoms with Crippen LogP contribution >= 0.6 is 15.9 Å². The van der Waals surface area contributed by atoms with Gasteiger partial charge in [0.15, 0.2) is 0 Å². The van der Waals surface area contributed by atoms with Gasteiger partial charge in [0, 0.05) is 22.6 Å². The Morgan fingerprint density at radius 2 is 1.78 bits per heavy atom. The van der Waals surface area contributed by atoms with E-state index in [4.69, 9.17) is 4.74 Å². The molecular formula is C21H25BrN2O3. The second-order valence-electron chi connectivity index (χ2n) is 6.42. The number of nitrogens with one attached hydrogen (secondary N) is 1. The van der Waals surface area contributed by atoms with Gasteiger partial charge in [-0.15, -0.1) is 0 Å². The van der Waals surface area contributed by atoms with Crippen molar-refractivity contribution >= 4 is 27.7 Å². The number of carbonyl (C=O) groups excluding carboxylic acids is 2. The predicted octanol–water partition coefficient (Wildman–Crippen LogP) is 4.01. The minimum Gasteiger partial charge on any atom is -0.488 e. The molecule has 1 N–H and O–H groups in total. The highest BCUT2D eigenvalue weighted by molar-refractivity contribution is 9.10. The number of nitrogens with zero attached hydrogens (tertiary/aromatic N) is 1. The zero-order valence-electron chi connectivity index (χ0n) is 15.9. The highest BCUT2D eigenvalue weighted by Gasteiger charge is 2.21. The summed E-state index contributed by atoms with van der Waals surface area (Å²) in [5.41, 5.74) is 1.44. The first-order valence-electron chi connectivity index (χ1n) is 8.96. The van der Waals surface area contributed by atoms with Crippen molar-refractivity contribution in [3.8, 4) is 5.75 Å². The lowest BCUT2D eigenvalue weighted by Gasteiger charge is -2.22. The van der Waals surface area contributed by atoms with Gasteiger partial charge in [0.05, 0.1) is 12.1 Å². The smallest absolute Gasteiger partial charge is 0.258 e. The normalized spacial score (nSPS) is 10.6. The highest BCUT2D eigenvalue weighted by atomic mass is 79.9. The lowest BCUT2D eigenvalue weighted by atomic mass is 10.1. The van der Waals surface area contributed by atoms with Gasteiger partial charge in [0.2, 0.25) is 5.91 Å². The van der Waals surface area contributed by atoms with Crippen LogP contribution in [0.15, 0.2) is 53.0 Å². The number of hydrogen-bond donors (Lipinski definition) is 1. The van der Waals surface area contributed by atoms with Crippen molar-refractivity contribution in [1.82, 2.24) is 10.2 Å². The van der Waals surface area contributed by atoms with Crippen LogP contribution in [0.4, 0.5) is 0 Å². The number of hydrogen-bond acceptors (Lipinski definition) is 3. The van der Waals surface area contributed by atoms with Crippen molar-refractivity contribution in [3.63, 3.8) is 0 Å². The lowest BCUT2D eigenvalue weighted by molar-refractivity contribution is -0.122. The lowest BCUT2D eigenvalue weighted by Crippen LogP contribution is -2.42. The summed E-state index contributed by atoms with van der Waals surface area (Å²) in [4.78, 5) is 26.5. The van der Waals surface area contributed by atoms with Gasteiger partial charge in [-0.1, -0.05) is 46.3 Å². The number of rotatable bonds is 8. The predicted molar refractivity (Wildman–Crippen MR) is 110 cm³/mol. The monoisotopic (exact) mass is 432 g/mol. The number of likely N-dealkylation sites (N-methyl/N-ethyl adjacent to an activating group) is 1. The zero-order chi connectivity index (χ0) is 19.8. The molecular weight excluding hydrogens is 408 g/mol. The van der Waals surface area contributed by atoms with Gasteiger partial charge in [0.25, 0.3) is 5.91 Å². The van der Waals surface area contributed by atoms with Gasteiger partial charge in [-0.2, -0.15) is 0 Å². The minimum absolute atomic E-state index is 0.0199. The number of para-hydroxylation sites is 1. The third kappa shape index (κ3) is 6.10. The van der Waals surface area contributed by atoms with Crippen LogP contribution in [0, 0.1) is 0 Å². The fraction of sp³-hybridized carbons (Fsp3) is 0.333. The number of carbonyl (C=O) groups is 2. The molecule has 0 aliphatic carbocycles. The van der Waals surface area contributed by atoms with E-state index in [-0.39, 0.29) is 24.4 Å². The summed E-state index contributed by atoms with van der Waals surface area (Å²) in [7, 11) is 0. The Balaban J connectivity index is 2.13. The first-order chi connectivity index (χ1) is 12.9. The van der Waals surface area contributed by atoms with E-state index in [1.54, 1.807) is 18.2 Å². The van der Waals surface area contributed by atoms with Crippen LogP contribution in [0.25, 0.3) is 0 Å². The molecule has 5 nitrogen and oxygen atoms in total. The second-order valence-corrected chi connectivity index (χ2v) is 7.27. The maximum Gasteiger partial charge on any atom is 0.258 e. The van der Waals surface area contributed by atoms with E-state index in [0.29, 0.717) is 24.5 Å². The van der Waals surface area contributed by atoms with Crippen LogP contribution in [-0.4, -0.2) is 35.8 Å². The van der Waals surface area contributed by atoms with E-state index in [9.17, 15) is 9.59 Å². The molecule has 0 heterocycles. The Hall–Kier alpha value is -2.34. The summed E-state index contributed by atoms with van der Waals surface area (Å²) in [6.07, 6.45) is 0. The third-order valence-electron chi connectivity index (χ3n) is 3.91. The van der Waals surface area contributed by atoms with Crippen molar-refractivity contribution in [3.05, 3.63) is 64.1 Å². The first kappa shape index (κ1) is 21.0. The van der Waals surface area contributed by atoms with Gasteiger partial charge < -0.3 is 15.0 Å². The van der Waals surface area contributed by atoms with Gasteiger partial charge in [-0.3, -0.25) is 9.59 Å². The maximum absolute atomic E-state index is 13.0. The molecule has 2 aromatic carbocycles. The summed E-state index contributed by atoms with van der Waals surface area (Å²) >= 11 is 3.50. The average Bonchev–Trinajstić information content (AvgIpc) is 2.64.